The maximum atomic E-state index is 12.4. The van der Waals surface area contributed by atoms with Gasteiger partial charge in [0.2, 0.25) is 5.91 Å². The van der Waals surface area contributed by atoms with Gasteiger partial charge in [0.05, 0.1) is 11.7 Å². The molecule has 2 rings (SSSR count). The smallest absolute Gasteiger partial charge is 0.387 e. The van der Waals surface area contributed by atoms with Crippen molar-refractivity contribution in [1.29, 1.82) is 0 Å². The predicted octanol–water partition coefficient (Wildman–Crippen LogP) is 4.62. The molecule has 0 saturated heterocycles. The number of para-hydroxylation sites is 2. The molecule has 0 bridgehead atoms. The molecule has 25 heavy (non-hydrogen) atoms. The monoisotopic (exact) mass is 368 g/mol. The number of amides is 1. The number of halogens is 3. The fourth-order valence-electron chi connectivity index (χ4n) is 2.38. The third kappa shape index (κ3) is 5.41. The highest BCUT2D eigenvalue weighted by molar-refractivity contribution is 6.31. The minimum Gasteiger partial charge on any atom is -0.433 e. The molecule has 2 aromatic carbocycles. The van der Waals surface area contributed by atoms with Crippen LogP contribution < -0.4 is 15.4 Å². The lowest BCUT2D eigenvalue weighted by Crippen LogP contribution is -2.39. The van der Waals surface area contributed by atoms with Gasteiger partial charge in [-0.25, -0.2) is 0 Å². The summed E-state index contributed by atoms with van der Waals surface area (Å²) in [6.45, 7) is 0.604. The Labute approximate surface area is 150 Å². The van der Waals surface area contributed by atoms with E-state index in [2.05, 4.69) is 15.4 Å². The lowest BCUT2D eigenvalue weighted by molar-refractivity contribution is -0.118. The first-order valence-corrected chi connectivity index (χ1v) is 8.11. The number of benzene rings is 2. The fraction of sp³-hybridized carbons (Fsp3) is 0.278. The summed E-state index contributed by atoms with van der Waals surface area (Å²) in [5, 5.41) is 6.33. The molecule has 0 aliphatic rings. The van der Waals surface area contributed by atoms with Crippen LogP contribution in [0.2, 0.25) is 5.02 Å². The Bertz CT molecular complexity index is 728. The summed E-state index contributed by atoms with van der Waals surface area (Å²) in [5.41, 5.74) is 1.05. The summed E-state index contributed by atoms with van der Waals surface area (Å²) in [5.74, 6) is -0.457. The summed E-state index contributed by atoms with van der Waals surface area (Å²) in [7, 11) is 0. The lowest BCUT2D eigenvalue weighted by atomic mass is 10.1. The van der Waals surface area contributed by atoms with Crippen LogP contribution in [0, 0.1) is 0 Å². The Kier molecular flexibility index (Phi) is 6.73. The highest BCUT2D eigenvalue weighted by Gasteiger charge is 2.19. The molecule has 0 heterocycles. The molecule has 0 radical (unpaired) electrons. The number of rotatable bonds is 7. The Morgan fingerprint density at radius 3 is 2.40 bits per heavy atom. The summed E-state index contributed by atoms with van der Waals surface area (Å²) >= 11 is 6.15. The molecular formula is C18H19ClF2N2O2. The lowest BCUT2D eigenvalue weighted by Gasteiger charge is -2.21. The average Bonchev–Trinajstić information content (AvgIpc) is 2.56. The molecule has 1 amide bonds. The number of anilines is 1. The molecule has 0 aromatic heterocycles. The molecule has 2 N–H and O–H groups in total. The van der Waals surface area contributed by atoms with Crippen molar-refractivity contribution in [3.8, 4) is 5.75 Å². The first kappa shape index (κ1) is 19.1. The van der Waals surface area contributed by atoms with Gasteiger partial charge in [0.15, 0.2) is 0 Å². The summed E-state index contributed by atoms with van der Waals surface area (Å²) in [4.78, 5) is 12.4. The number of carbonyl (C=O) groups is 1. The van der Waals surface area contributed by atoms with Crippen LogP contribution in [-0.2, 0) is 4.79 Å². The Balaban J connectivity index is 2.02. The van der Waals surface area contributed by atoms with E-state index in [-0.39, 0.29) is 23.4 Å². The molecule has 4 nitrogen and oxygen atoms in total. The molecule has 7 heteroatoms. The Morgan fingerprint density at radius 1 is 1.08 bits per heavy atom. The van der Waals surface area contributed by atoms with Gasteiger partial charge in [0, 0.05) is 11.1 Å². The van der Waals surface area contributed by atoms with E-state index in [1.54, 1.807) is 25.1 Å². The number of carbonyl (C=O) groups excluding carboxylic acids is 1. The van der Waals surface area contributed by atoms with Gasteiger partial charge in [-0.1, -0.05) is 41.9 Å². The van der Waals surface area contributed by atoms with Crippen molar-refractivity contribution in [2.45, 2.75) is 32.5 Å². The van der Waals surface area contributed by atoms with Crippen molar-refractivity contribution < 1.29 is 18.3 Å². The largest absolute Gasteiger partial charge is 0.433 e. The topological polar surface area (TPSA) is 50.4 Å². The van der Waals surface area contributed by atoms with E-state index in [4.69, 9.17) is 11.6 Å². The van der Waals surface area contributed by atoms with Crippen molar-refractivity contribution in [1.82, 2.24) is 5.32 Å². The summed E-state index contributed by atoms with van der Waals surface area (Å²) in [6, 6.07) is 12.6. The molecule has 2 aromatic rings. The van der Waals surface area contributed by atoms with Crippen LogP contribution in [-0.4, -0.2) is 18.6 Å². The highest BCUT2D eigenvalue weighted by Crippen LogP contribution is 2.26. The number of ether oxygens (including phenoxy) is 1. The minimum absolute atomic E-state index is 0.0859. The van der Waals surface area contributed by atoms with Gasteiger partial charge in [-0.3, -0.25) is 10.1 Å². The van der Waals surface area contributed by atoms with Crippen LogP contribution in [0.15, 0.2) is 48.5 Å². The molecule has 0 saturated carbocycles. The van der Waals surface area contributed by atoms with Gasteiger partial charge < -0.3 is 10.1 Å². The standard InChI is InChI=1S/C18H19ClF2N2O2/c1-11(13-7-3-4-8-14(13)19)22-12(2)17(24)23-15-9-5-6-10-16(15)25-18(20)21/h3-12,18,22H,1-2H3,(H,23,24). The van der Waals surface area contributed by atoms with Crippen molar-refractivity contribution in [3.63, 3.8) is 0 Å². The minimum atomic E-state index is -2.96. The number of nitrogens with one attached hydrogen (secondary N) is 2. The maximum Gasteiger partial charge on any atom is 0.387 e. The summed E-state index contributed by atoms with van der Waals surface area (Å²) < 4.78 is 29.3. The van der Waals surface area contributed by atoms with Crippen LogP contribution >= 0.6 is 11.6 Å². The van der Waals surface area contributed by atoms with E-state index >= 15 is 0 Å². The third-order valence-electron chi connectivity index (χ3n) is 3.63. The highest BCUT2D eigenvalue weighted by atomic mass is 35.5. The first-order valence-electron chi connectivity index (χ1n) is 7.73. The number of hydrogen-bond acceptors (Lipinski definition) is 3. The Hall–Kier alpha value is -2.18. The summed E-state index contributed by atoms with van der Waals surface area (Å²) in [6.07, 6.45) is 0. The van der Waals surface area contributed by atoms with E-state index in [1.807, 2.05) is 25.1 Å². The zero-order chi connectivity index (χ0) is 18.4. The van der Waals surface area contributed by atoms with Crippen molar-refractivity contribution >= 4 is 23.2 Å². The van der Waals surface area contributed by atoms with Gasteiger partial charge in [0.1, 0.15) is 5.75 Å². The fourth-order valence-corrected chi connectivity index (χ4v) is 2.68. The van der Waals surface area contributed by atoms with E-state index in [0.717, 1.165) is 5.56 Å². The van der Waals surface area contributed by atoms with Crippen LogP contribution in [0.3, 0.4) is 0 Å². The third-order valence-corrected chi connectivity index (χ3v) is 3.97. The zero-order valence-electron chi connectivity index (χ0n) is 13.8. The zero-order valence-corrected chi connectivity index (χ0v) is 14.6. The average molecular weight is 369 g/mol. The molecule has 2 atom stereocenters. The van der Waals surface area contributed by atoms with Crippen LogP contribution in [0.4, 0.5) is 14.5 Å². The van der Waals surface area contributed by atoms with Gasteiger partial charge >= 0.3 is 6.61 Å². The molecule has 0 aliphatic heterocycles. The van der Waals surface area contributed by atoms with E-state index < -0.39 is 12.7 Å². The number of alkyl halides is 2. The second-order valence-corrected chi connectivity index (χ2v) is 5.90. The van der Waals surface area contributed by atoms with Gasteiger partial charge in [-0.2, -0.15) is 8.78 Å². The molecule has 2 unspecified atom stereocenters. The van der Waals surface area contributed by atoms with Crippen LogP contribution in [0.1, 0.15) is 25.5 Å². The molecular weight excluding hydrogens is 350 g/mol. The van der Waals surface area contributed by atoms with Gasteiger partial charge in [-0.15, -0.1) is 0 Å². The second-order valence-electron chi connectivity index (χ2n) is 5.50. The van der Waals surface area contributed by atoms with Gasteiger partial charge in [0.25, 0.3) is 0 Å². The quantitative estimate of drug-likeness (QED) is 0.749. The van der Waals surface area contributed by atoms with E-state index in [9.17, 15) is 13.6 Å². The first-order chi connectivity index (χ1) is 11.9. The predicted molar refractivity (Wildman–Crippen MR) is 94.2 cm³/mol. The molecule has 134 valence electrons. The Morgan fingerprint density at radius 2 is 1.72 bits per heavy atom. The normalized spacial score (nSPS) is 13.4. The van der Waals surface area contributed by atoms with Crippen molar-refractivity contribution in [2.75, 3.05) is 5.32 Å². The van der Waals surface area contributed by atoms with Crippen LogP contribution in [0.5, 0.6) is 5.75 Å². The maximum absolute atomic E-state index is 12.4. The molecule has 0 aliphatic carbocycles. The van der Waals surface area contributed by atoms with E-state index in [0.29, 0.717) is 5.02 Å². The molecule has 0 spiro atoms. The van der Waals surface area contributed by atoms with E-state index in [1.165, 1.54) is 12.1 Å². The van der Waals surface area contributed by atoms with Crippen molar-refractivity contribution in [3.05, 3.63) is 59.1 Å². The second kappa shape index (κ2) is 8.78. The molecule has 0 fully saturated rings. The van der Waals surface area contributed by atoms with Gasteiger partial charge in [-0.05, 0) is 37.6 Å². The number of hydrogen-bond donors (Lipinski definition) is 2. The SMILES string of the molecule is CC(NC(C)c1ccccc1Cl)C(=O)Nc1ccccc1OC(F)F. The van der Waals surface area contributed by atoms with Crippen LogP contribution in [0.25, 0.3) is 0 Å². The van der Waals surface area contributed by atoms with Crippen molar-refractivity contribution in [2.24, 2.45) is 0 Å².